The Kier molecular flexibility index (Phi) is 3.57. The second-order valence-electron chi connectivity index (χ2n) is 4.35. The fraction of sp³-hybridized carbons (Fsp3) is 0.0625. The molecule has 0 bridgehead atoms. The van der Waals surface area contributed by atoms with Gasteiger partial charge >= 0.3 is 0 Å². The Balaban J connectivity index is 2.28. The zero-order valence-electron chi connectivity index (χ0n) is 11.0. The van der Waals surface area contributed by atoms with E-state index in [0.717, 1.165) is 4.70 Å². The van der Waals surface area contributed by atoms with Crippen LogP contribution in [0, 0.1) is 17.7 Å². The predicted octanol–water partition coefficient (Wildman–Crippen LogP) is 2.50. The summed E-state index contributed by atoms with van der Waals surface area (Å²) in [5.74, 6) is 5.12. The number of benzene rings is 2. The highest BCUT2D eigenvalue weighted by molar-refractivity contribution is 7.14. The van der Waals surface area contributed by atoms with Crippen molar-refractivity contribution in [3.8, 4) is 17.5 Å². The molecule has 0 radical (unpaired) electrons. The summed E-state index contributed by atoms with van der Waals surface area (Å²) in [6.45, 7) is 0.178. The summed E-state index contributed by atoms with van der Waals surface area (Å²) in [6, 6.07) is 11.6. The van der Waals surface area contributed by atoms with Crippen molar-refractivity contribution in [2.75, 3.05) is 6.54 Å². The van der Waals surface area contributed by atoms with Gasteiger partial charge in [0.2, 0.25) is 0 Å². The van der Waals surface area contributed by atoms with Crippen LogP contribution in [0.2, 0.25) is 0 Å². The van der Waals surface area contributed by atoms with Crippen LogP contribution < -0.4 is 11.3 Å². The molecule has 104 valence electrons. The molecule has 5 heteroatoms. The highest BCUT2D eigenvalue weighted by Gasteiger charge is 2.12. The quantitative estimate of drug-likeness (QED) is 0.702. The number of hydrogen-bond acceptors (Lipinski definition) is 3. The Morgan fingerprint density at radius 2 is 2.05 bits per heavy atom. The molecule has 3 aromatic rings. The average molecular weight is 298 g/mol. The van der Waals surface area contributed by atoms with Gasteiger partial charge in [-0.05, 0) is 30.3 Å². The Labute approximate surface area is 124 Å². The Morgan fingerprint density at radius 1 is 1.24 bits per heavy atom. The third-order valence-electron chi connectivity index (χ3n) is 2.99. The molecule has 0 spiro atoms. The van der Waals surface area contributed by atoms with Gasteiger partial charge in [-0.2, -0.15) is 0 Å². The standard InChI is InChI=1S/C16H11FN2OS/c17-12-7-8-14(11(10-12)4-3-9-18)19-16(20)13-5-1-2-6-15(13)21-19/h1-2,5-8,10H,9,18H2. The molecule has 0 aliphatic heterocycles. The van der Waals surface area contributed by atoms with Gasteiger partial charge in [-0.1, -0.05) is 35.5 Å². The summed E-state index contributed by atoms with van der Waals surface area (Å²) in [5.41, 5.74) is 6.26. The molecule has 1 aromatic heterocycles. The Bertz CT molecular complexity index is 931. The fourth-order valence-corrected chi connectivity index (χ4v) is 3.09. The maximum Gasteiger partial charge on any atom is 0.273 e. The van der Waals surface area contributed by atoms with E-state index < -0.39 is 5.82 Å². The SMILES string of the molecule is NCC#Cc1cc(F)ccc1-n1sc2ccccc2c1=O. The first-order valence-corrected chi connectivity index (χ1v) is 7.08. The zero-order chi connectivity index (χ0) is 14.8. The predicted molar refractivity (Wildman–Crippen MR) is 83.3 cm³/mol. The summed E-state index contributed by atoms with van der Waals surface area (Å²) >= 11 is 1.31. The van der Waals surface area contributed by atoms with Gasteiger partial charge in [0.1, 0.15) is 5.82 Å². The van der Waals surface area contributed by atoms with Crippen LogP contribution in [-0.4, -0.2) is 10.5 Å². The summed E-state index contributed by atoms with van der Waals surface area (Å²) < 4.78 is 15.8. The average Bonchev–Trinajstić information content (AvgIpc) is 2.83. The van der Waals surface area contributed by atoms with Crippen molar-refractivity contribution < 1.29 is 4.39 Å². The van der Waals surface area contributed by atoms with E-state index in [1.165, 1.54) is 27.6 Å². The van der Waals surface area contributed by atoms with E-state index in [9.17, 15) is 9.18 Å². The van der Waals surface area contributed by atoms with Gasteiger partial charge in [-0.3, -0.25) is 4.79 Å². The maximum atomic E-state index is 13.4. The number of halogens is 1. The molecule has 0 saturated carbocycles. The van der Waals surface area contributed by atoms with Crippen molar-refractivity contribution >= 4 is 21.6 Å². The van der Waals surface area contributed by atoms with E-state index in [0.29, 0.717) is 16.6 Å². The molecule has 3 nitrogen and oxygen atoms in total. The molecule has 3 rings (SSSR count). The van der Waals surface area contributed by atoms with Gasteiger partial charge < -0.3 is 5.73 Å². The summed E-state index contributed by atoms with van der Waals surface area (Å²) in [7, 11) is 0. The van der Waals surface area contributed by atoms with Crippen molar-refractivity contribution in [1.29, 1.82) is 0 Å². The molecule has 0 fully saturated rings. The van der Waals surface area contributed by atoms with Crippen LogP contribution in [0.15, 0.2) is 47.3 Å². The molecule has 0 saturated heterocycles. The van der Waals surface area contributed by atoms with E-state index in [1.54, 1.807) is 12.1 Å². The summed E-state index contributed by atoms with van der Waals surface area (Å²) in [4.78, 5) is 12.4. The lowest BCUT2D eigenvalue weighted by molar-refractivity contribution is 0.627. The lowest BCUT2D eigenvalue weighted by Crippen LogP contribution is -2.12. The van der Waals surface area contributed by atoms with Crippen molar-refractivity contribution in [1.82, 2.24) is 3.96 Å². The van der Waals surface area contributed by atoms with Gasteiger partial charge in [0, 0.05) is 0 Å². The largest absolute Gasteiger partial charge is 0.320 e. The summed E-state index contributed by atoms with van der Waals surface area (Å²) in [5, 5.41) is 0.643. The smallest absolute Gasteiger partial charge is 0.273 e. The molecular formula is C16H11FN2OS. The third kappa shape index (κ3) is 2.47. The van der Waals surface area contributed by atoms with Gasteiger partial charge in [-0.15, -0.1) is 0 Å². The highest BCUT2D eigenvalue weighted by Crippen LogP contribution is 2.22. The number of nitrogens with zero attached hydrogens (tertiary/aromatic N) is 1. The topological polar surface area (TPSA) is 48.0 Å². The van der Waals surface area contributed by atoms with Crippen molar-refractivity contribution in [2.24, 2.45) is 5.73 Å². The van der Waals surface area contributed by atoms with Gasteiger partial charge in [0.15, 0.2) is 0 Å². The van der Waals surface area contributed by atoms with Crippen LogP contribution in [0.1, 0.15) is 5.56 Å². The Morgan fingerprint density at radius 3 is 2.81 bits per heavy atom. The minimum Gasteiger partial charge on any atom is -0.320 e. The number of nitrogens with two attached hydrogens (primary N) is 1. The first-order chi connectivity index (χ1) is 10.2. The van der Waals surface area contributed by atoms with E-state index in [2.05, 4.69) is 11.8 Å². The van der Waals surface area contributed by atoms with Crippen molar-refractivity contribution in [3.63, 3.8) is 0 Å². The van der Waals surface area contributed by atoms with E-state index in [1.807, 2.05) is 18.2 Å². The molecular weight excluding hydrogens is 287 g/mol. The van der Waals surface area contributed by atoms with Crippen LogP contribution in [0.3, 0.4) is 0 Å². The van der Waals surface area contributed by atoms with Crippen LogP contribution in [0.25, 0.3) is 15.8 Å². The molecule has 1 heterocycles. The van der Waals surface area contributed by atoms with Crippen LogP contribution in [-0.2, 0) is 0 Å². The number of aromatic nitrogens is 1. The van der Waals surface area contributed by atoms with Crippen molar-refractivity contribution in [2.45, 2.75) is 0 Å². The number of rotatable bonds is 1. The first kappa shape index (κ1) is 13.6. The first-order valence-electron chi connectivity index (χ1n) is 6.30. The van der Waals surface area contributed by atoms with Crippen LogP contribution in [0.5, 0.6) is 0 Å². The fourth-order valence-electron chi connectivity index (χ4n) is 2.06. The summed E-state index contributed by atoms with van der Waals surface area (Å²) in [6.07, 6.45) is 0. The minimum absolute atomic E-state index is 0.127. The minimum atomic E-state index is -0.394. The van der Waals surface area contributed by atoms with Crippen LogP contribution >= 0.6 is 11.5 Å². The van der Waals surface area contributed by atoms with Gasteiger partial charge in [-0.25, -0.2) is 8.35 Å². The molecule has 0 aliphatic carbocycles. The van der Waals surface area contributed by atoms with E-state index in [4.69, 9.17) is 5.73 Å². The highest BCUT2D eigenvalue weighted by atomic mass is 32.1. The molecule has 21 heavy (non-hydrogen) atoms. The molecule has 0 atom stereocenters. The lowest BCUT2D eigenvalue weighted by Gasteiger charge is -2.04. The third-order valence-corrected chi connectivity index (χ3v) is 4.09. The second kappa shape index (κ2) is 5.52. The normalized spacial score (nSPS) is 10.4. The Hall–Kier alpha value is -2.42. The monoisotopic (exact) mass is 298 g/mol. The second-order valence-corrected chi connectivity index (χ2v) is 5.34. The van der Waals surface area contributed by atoms with Crippen molar-refractivity contribution in [3.05, 3.63) is 64.2 Å². The molecule has 2 N–H and O–H groups in total. The zero-order valence-corrected chi connectivity index (χ0v) is 11.8. The molecule has 2 aromatic carbocycles. The van der Waals surface area contributed by atoms with Gasteiger partial charge in [0.25, 0.3) is 5.56 Å². The molecule has 0 amide bonds. The van der Waals surface area contributed by atoms with Crippen LogP contribution in [0.4, 0.5) is 4.39 Å². The van der Waals surface area contributed by atoms with E-state index >= 15 is 0 Å². The van der Waals surface area contributed by atoms with E-state index in [-0.39, 0.29) is 12.1 Å². The lowest BCUT2D eigenvalue weighted by atomic mass is 10.1. The number of hydrogen-bond donors (Lipinski definition) is 1. The number of fused-ring (bicyclic) bond motifs is 1. The van der Waals surface area contributed by atoms with Gasteiger partial charge in [0.05, 0.1) is 27.9 Å². The molecule has 0 aliphatic rings. The maximum absolute atomic E-state index is 13.4. The molecule has 0 unspecified atom stereocenters.